The summed E-state index contributed by atoms with van der Waals surface area (Å²) in [5.74, 6) is -0.365. The van der Waals surface area contributed by atoms with Gasteiger partial charge in [-0.25, -0.2) is 4.39 Å². The number of anilines is 2. The van der Waals surface area contributed by atoms with E-state index in [1.807, 2.05) is 35.2 Å². The van der Waals surface area contributed by atoms with Crippen LogP contribution in [0, 0.1) is 5.82 Å². The number of piperazine rings is 1. The standard InChI is InChI=1S/C20H24FN3O2/c1-15(25)16-7-8-19(18(21)13-16)24-11-9-23(10-12-24)14-20(26)22-17-5-3-2-4-6-17/h2-8,13,15,25H,9-12,14H2,1H3,(H,22,26). The van der Waals surface area contributed by atoms with Gasteiger partial charge in [0.05, 0.1) is 18.3 Å². The van der Waals surface area contributed by atoms with E-state index in [-0.39, 0.29) is 11.7 Å². The number of carbonyl (C=O) groups is 1. The number of nitrogens with one attached hydrogen (secondary N) is 1. The molecule has 1 amide bonds. The second-order valence-corrected chi connectivity index (χ2v) is 6.56. The van der Waals surface area contributed by atoms with E-state index in [1.54, 1.807) is 19.1 Å². The van der Waals surface area contributed by atoms with Gasteiger partial charge in [0.15, 0.2) is 0 Å². The number of aliphatic hydroxyl groups is 1. The molecule has 1 aliphatic heterocycles. The van der Waals surface area contributed by atoms with Gasteiger partial charge in [0.25, 0.3) is 0 Å². The SMILES string of the molecule is CC(O)c1ccc(N2CCN(CC(=O)Nc3ccccc3)CC2)c(F)c1. The van der Waals surface area contributed by atoms with E-state index in [4.69, 9.17) is 0 Å². The van der Waals surface area contributed by atoms with E-state index in [2.05, 4.69) is 10.2 Å². The van der Waals surface area contributed by atoms with Gasteiger partial charge in [-0.05, 0) is 36.8 Å². The van der Waals surface area contributed by atoms with Crippen LogP contribution in [0.25, 0.3) is 0 Å². The Kier molecular flexibility index (Phi) is 5.85. The summed E-state index contributed by atoms with van der Waals surface area (Å²) < 4.78 is 14.3. The van der Waals surface area contributed by atoms with Crippen LogP contribution in [-0.4, -0.2) is 48.6 Å². The number of hydrogen-bond donors (Lipinski definition) is 2. The average molecular weight is 357 g/mol. The Hall–Kier alpha value is -2.44. The predicted molar refractivity (Wildman–Crippen MR) is 101 cm³/mol. The number of hydrogen-bond acceptors (Lipinski definition) is 4. The Morgan fingerprint density at radius 2 is 1.85 bits per heavy atom. The Bertz CT molecular complexity index is 744. The molecule has 1 heterocycles. The molecule has 1 aliphatic rings. The first kappa shape index (κ1) is 18.4. The zero-order valence-electron chi connectivity index (χ0n) is 14.9. The second kappa shape index (κ2) is 8.29. The van der Waals surface area contributed by atoms with Crippen LogP contribution in [0.4, 0.5) is 15.8 Å². The number of nitrogens with zero attached hydrogens (tertiary/aromatic N) is 2. The highest BCUT2D eigenvalue weighted by Crippen LogP contribution is 2.24. The van der Waals surface area contributed by atoms with Crippen LogP contribution < -0.4 is 10.2 Å². The van der Waals surface area contributed by atoms with E-state index >= 15 is 0 Å². The summed E-state index contributed by atoms with van der Waals surface area (Å²) >= 11 is 0. The van der Waals surface area contributed by atoms with Crippen molar-refractivity contribution in [3.05, 3.63) is 59.9 Å². The molecule has 1 unspecified atom stereocenters. The molecule has 138 valence electrons. The van der Waals surface area contributed by atoms with Gasteiger partial charge < -0.3 is 15.3 Å². The number of rotatable bonds is 5. The van der Waals surface area contributed by atoms with Crippen molar-refractivity contribution in [1.82, 2.24) is 4.90 Å². The van der Waals surface area contributed by atoms with Crippen molar-refractivity contribution < 1.29 is 14.3 Å². The van der Waals surface area contributed by atoms with E-state index in [0.29, 0.717) is 44.0 Å². The number of aliphatic hydroxyl groups excluding tert-OH is 1. The molecule has 0 spiro atoms. The number of para-hydroxylation sites is 1. The minimum absolute atomic E-state index is 0.0443. The Balaban J connectivity index is 1.52. The lowest BCUT2D eigenvalue weighted by Gasteiger charge is -2.36. The predicted octanol–water partition coefficient (Wildman–Crippen LogP) is 2.64. The molecule has 26 heavy (non-hydrogen) atoms. The zero-order chi connectivity index (χ0) is 18.5. The van der Waals surface area contributed by atoms with Gasteiger partial charge in [-0.15, -0.1) is 0 Å². The molecule has 0 aliphatic carbocycles. The van der Waals surface area contributed by atoms with E-state index < -0.39 is 6.10 Å². The van der Waals surface area contributed by atoms with Crippen molar-refractivity contribution in [3.8, 4) is 0 Å². The molecule has 6 heteroatoms. The summed E-state index contributed by atoms with van der Waals surface area (Å²) in [6.07, 6.45) is -0.682. The van der Waals surface area contributed by atoms with Crippen molar-refractivity contribution in [3.63, 3.8) is 0 Å². The lowest BCUT2D eigenvalue weighted by Crippen LogP contribution is -2.48. The van der Waals surface area contributed by atoms with Crippen molar-refractivity contribution >= 4 is 17.3 Å². The van der Waals surface area contributed by atoms with E-state index in [1.165, 1.54) is 6.07 Å². The fraction of sp³-hybridized carbons (Fsp3) is 0.350. The summed E-state index contributed by atoms with van der Waals surface area (Å²) in [6.45, 7) is 4.65. The maximum atomic E-state index is 14.3. The molecule has 2 aromatic rings. The highest BCUT2D eigenvalue weighted by molar-refractivity contribution is 5.92. The normalized spacial score (nSPS) is 16.3. The molecule has 0 aromatic heterocycles. The fourth-order valence-corrected chi connectivity index (χ4v) is 3.11. The Morgan fingerprint density at radius 3 is 2.46 bits per heavy atom. The number of benzene rings is 2. The smallest absolute Gasteiger partial charge is 0.238 e. The molecular formula is C20H24FN3O2. The summed E-state index contributed by atoms with van der Waals surface area (Å²) in [6, 6.07) is 14.2. The maximum Gasteiger partial charge on any atom is 0.238 e. The minimum Gasteiger partial charge on any atom is -0.389 e. The van der Waals surface area contributed by atoms with Crippen molar-refractivity contribution in [2.24, 2.45) is 0 Å². The third-order valence-corrected chi connectivity index (χ3v) is 4.59. The fourth-order valence-electron chi connectivity index (χ4n) is 3.11. The molecule has 0 bridgehead atoms. The van der Waals surface area contributed by atoms with Crippen molar-refractivity contribution in [1.29, 1.82) is 0 Å². The summed E-state index contributed by atoms with van der Waals surface area (Å²) in [5, 5.41) is 12.4. The lowest BCUT2D eigenvalue weighted by molar-refractivity contribution is -0.117. The van der Waals surface area contributed by atoms with Gasteiger partial charge in [-0.2, -0.15) is 0 Å². The second-order valence-electron chi connectivity index (χ2n) is 6.56. The van der Waals surface area contributed by atoms with Gasteiger partial charge in [-0.1, -0.05) is 24.3 Å². The minimum atomic E-state index is -0.682. The van der Waals surface area contributed by atoms with Crippen LogP contribution in [0.2, 0.25) is 0 Å². The number of halogens is 1. The molecule has 1 saturated heterocycles. The molecule has 3 rings (SSSR count). The van der Waals surface area contributed by atoms with Crippen LogP contribution in [0.3, 0.4) is 0 Å². The summed E-state index contributed by atoms with van der Waals surface area (Å²) in [4.78, 5) is 16.2. The van der Waals surface area contributed by atoms with Gasteiger partial charge in [0.2, 0.25) is 5.91 Å². The molecule has 2 aromatic carbocycles. The highest BCUT2D eigenvalue weighted by atomic mass is 19.1. The van der Waals surface area contributed by atoms with Crippen LogP contribution >= 0.6 is 0 Å². The maximum absolute atomic E-state index is 14.3. The molecule has 0 radical (unpaired) electrons. The Morgan fingerprint density at radius 1 is 1.15 bits per heavy atom. The number of amides is 1. The highest BCUT2D eigenvalue weighted by Gasteiger charge is 2.21. The topological polar surface area (TPSA) is 55.8 Å². The summed E-state index contributed by atoms with van der Waals surface area (Å²) in [7, 11) is 0. The van der Waals surface area contributed by atoms with Crippen LogP contribution in [-0.2, 0) is 4.79 Å². The first-order valence-electron chi connectivity index (χ1n) is 8.82. The first-order valence-corrected chi connectivity index (χ1v) is 8.82. The molecule has 1 fully saturated rings. The van der Waals surface area contributed by atoms with Crippen LogP contribution in [0.15, 0.2) is 48.5 Å². The molecule has 0 saturated carbocycles. The van der Waals surface area contributed by atoms with Gasteiger partial charge >= 0.3 is 0 Å². The van der Waals surface area contributed by atoms with E-state index in [0.717, 1.165) is 5.69 Å². The lowest BCUT2D eigenvalue weighted by atomic mass is 10.1. The van der Waals surface area contributed by atoms with Crippen molar-refractivity contribution in [2.45, 2.75) is 13.0 Å². The number of carbonyl (C=O) groups excluding carboxylic acids is 1. The molecule has 5 nitrogen and oxygen atoms in total. The largest absolute Gasteiger partial charge is 0.389 e. The monoisotopic (exact) mass is 357 g/mol. The third-order valence-electron chi connectivity index (χ3n) is 4.59. The van der Waals surface area contributed by atoms with E-state index in [9.17, 15) is 14.3 Å². The van der Waals surface area contributed by atoms with Gasteiger partial charge in [0, 0.05) is 31.9 Å². The Labute approximate surface area is 153 Å². The molecular weight excluding hydrogens is 333 g/mol. The average Bonchev–Trinajstić information content (AvgIpc) is 2.63. The third kappa shape index (κ3) is 4.59. The van der Waals surface area contributed by atoms with Crippen molar-refractivity contribution in [2.75, 3.05) is 42.9 Å². The quantitative estimate of drug-likeness (QED) is 0.864. The first-order chi connectivity index (χ1) is 12.5. The zero-order valence-corrected chi connectivity index (χ0v) is 14.9. The molecule has 2 N–H and O–H groups in total. The van der Waals surface area contributed by atoms with Crippen LogP contribution in [0.5, 0.6) is 0 Å². The summed E-state index contributed by atoms with van der Waals surface area (Å²) in [5.41, 5.74) is 1.90. The van der Waals surface area contributed by atoms with Gasteiger partial charge in [-0.3, -0.25) is 9.69 Å². The molecule has 1 atom stereocenters. The van der Waals surface area contributed by atoms with Gasteiger partial charge in [0.1, 0.15) is 5.82 Å². The van der Waals surface area contributed by atoms with Crippen LogP contribution in [0.1, 0.15) is 18.6 Å².